The van der Waals surface area contributed by atoms with E-state index in [1.54, 1.807) is 40.5 Å². The van der Waals surface area contributed by atoms with E-state index in [1.165, 1.54) is 44.1 Å². The van der Waals surface area contributed by atoms with Crippen molar-refractivity contribution in [3.8, 4) is 0 Å². The van der Waals surface area contributed by atoms with E-state index in [-0.39, 0.29) is 72.4 Å². The van der Waals surface area contributed by atoms with E-state index in [4.69, 9.17) is 10.7 Å². The van der Waals surface area contributed by atoms with Gasteiger partial charge < -0.3 is 51.6 Å². The second-order valence-corrected chi connectivity index (χ2v) is 31.4. The van der Waals surface area contributed by atoms with E-state index in [2.05, 4.69) is 54.1 Å². The van der Waals surface area contributed by atoms with Crippen LogP contribution in [0.5, 0.6) is 0 Å². The number of imidazole rings is 1. The van der Waals surface area contributed by atoms with Gasteiger partial charge in [0.2, 0.25) is 0 Å². The van der Waals surface area contributed by atoms with Gasteiger partial charge in [0.15, 0.2) is 11.7 Å². The fourth-order valence-corrected chi connectivity index (χ4v) is 24.8. The van der Waals surface area contributed by atoms with Crippen LogP contribution in [-0.4, -0.2) is 120 Å². The summed E-state index contributed by atoms with van der Waals surface area (Å²) in [5.74, 6) is 0.953. The number of aliphatic imine (C=N–C) groups is 1. The predicted octanol–water partition coefficient (Wildman–Crippen LogP) is 8.37. The number of rotatable bonds is 11. The van der Waals surface area contributed by atoms with Gasteiger partial charge in [-0.25, -0.2) is 4.98 Å². The largest absolute Gasteiger partial charge is 0.396 e. The van der Waals surface area contributed by atoms with Gasteiger partial charge in [0.05, 0.1) is 36.8 Å². The van der Waals surface area contributed by atoms with Crippen LogP contribution in [0.1, 0.15) is 156 Å². The van der Waals surface area contributed by atoms with Crippen molar-refractivity contribution in [3.05, 3.63) is 52.7 Å². The third-order valence-corrected chi connectivity index (χ3v) is 26.8. The molecule has 0 amide bonds. The van der Waals surface area contributed by atoms with Crippen LogP contribution in [0.25, 0.3) is 0 Å². The van der Waals surface area contributed by atoms with Crippen LogP contribution >= 0.6 is 21.6 Å². The highest BCUT2D eigenvalue weighted by Crippen LogP contribution is 2.76. The Morgan fingerprint density at radius 1 is 0.974 bits per heavy atom. The number of aliphatic hydroxyl groups is 6. The van der Waals surface area contributed by atoms with E-state index < -0.39 is 58.7 Å². The zero-order valence-electron chi connectivity index (χ0n) is 47.8. The zero-order valence-corrected chi connectivity index (χ0v) is 49.4. The van der Waals surface area contributed by atoms with E-state index in [0.29, 0.717) is 66.2 Å². The molecule has 0 radical (unpaired) electrons. The first-order valence-electron chi connectivity index (χ1n) is 31.0. The Morgan fingerprint density at radius 2 is 1.78 bits per heavy atom. The molecule has 11 aliphatic rings. The number of hydrogen-bond acceptors (Lipinski definition) is 12. The first kappa shape index (κ1) is 56.3. The Morgan fingerprint density at radius 3 is 2.53 bits per heavy atom. The molecule has 21 atom stereocenters. The summed E-state index contributed by atoms with van der Waals surface area (Å²) in [4.78, 5) is 25.4. The average molecular weight is 1110 g/mol. The summed E-state index contributed by atoms with van der Waals surface area (Å²) in [6.07, 6.45) is 21.6. The summed E-state index contributed by atoms with van der Waals surface area (Å²) in [6.45, 7) is 11.3. The normalized spacial score (nSPS) is 46.1. The predicted molar refractivity (Wildman–Crippen MR) is 310 cm³/mol. The molecule has 15 heteroatoms. The number of hydrogen-bond donors (Lipinski definition) is 9. The maximum absolute atomic E-state index is 15.7. The molecule has 1 aromatic heterocycles. The number of aromatic nitrogens is 2. The Bertz CT molecular complexity index is 2550. The smallest absolute Gasteiger partial charge is 0.190 e. The fraction of sp³-hybridized carbons (Fsp3) is 0.825. The summed E-state index contributed by atoms with van der Waals surface area (Å²) in [6, 6.07) is 0.135. The van der Waals surface area contributed by atoms with Crippen LogP contribution in [-0.2, 0) is 4.79 Å². The molecule has 1 aromatic rings. The molecular formula is C63H96N6O7S2. The van der Waals surface area contributed by atoms with Crippen molar-refractivity contribution >= 4 is 33.3 Å². The van der Waals surface area contributed by atoms with Crippen molar-refractivity contribution < 1.29 is 35.4 Å². The number of nitrogens with one attached hydrogen (secondary N) is 2. The van der Waals surface area contributed by atoms with Gasteiger partial charge >= 0.3 is 0 Å². The number of aliphatic hydroxyl groups excluding tert-OH is 5. The fourth-order valence-electron chi connectivity index (χ4n) is 22.0. The minimum atomic E-state index is -1.65. The molecule has 12 rings (SSSR count). The average Bonchev–Trinajstić information content (AvgIpc) is 4.31. The van der Waals surface area contributed by atoms with Crippen molar-refractivity contribution in [2.75, 3.05) is 38.2 Å². The monoisotopic (exact) mass is 1110 g/mol. The van der Waals surface area contributed by atoms with Crippen molar-refractivity contribution in [1.29, 1.82) is 0 Å². The molecular weight excluding hydrogens is 1020 g/mol. The Labute approximate surface area is 473 Å². The second-order valence-electron chi connectivity index (χ2n) is 28.9. The molecule has 13 nitrogen and oxygen atoms in total. The van der Waals surface area contributed by atoms with E-state index >= 15 is 4.79 Å². The summed E-state index contributed by atoms with van der Waals surface area (Å²) in [5, 5.41) is 82.8. The van der Waals surface area contributed by atoms with Crippen molar-refractivity contribution in [2.45, 2.75) is 186 Å². The van der Waals surface area contributed by atoms with Crippen LogP contribution in [0.4, 0.5) is 0 Å². The summed E-state index contributed by atoms with van der Waals surface area (Å²) in [7, 11) is 5.50. The Hall–Kier alpha value is -2.21. The number of carbonyl (C=O) groups is 1. The Balaban J connectivity index is 1.06. The van der Waals surface area contributed by atoms with Gasteiger partial charge in [0.25, 0.3) is 0 Å². The molecule has 10 N–H and O–H groups in total. The topological polar surface area (TPSA) is 219 Å². The molecule has 1 aliphatic heterocycles. The van der Waals surface area contributed by atoms with Crippen LogP contribution < -0.4 is 16.4 Å². The number of nitrogens with two attached hydrogens (primary N) is 1. The first-order chi connectivity index (χ1) is 37.3. The van der Waals surface area contributed by atoms with E-state index in [0.717, 1.165) is 63.0 Å². The van der Waals surface area contributed by atoms with Gasteiger partial charge in [-0.15, -0.1) is 0 Å². The van der Waals surface area contributed by atoms with Crippen molar-refractivity contribution in [2.24, 2.45) is 109 Å². The molecule has 10 aliphatic carbocycles. The third-order valence-electron chi connectivity index (χ3n) is 24.2. The number of fused-ring (bicyclic) bond motifs is 14. The molecule has 1 spiro atoms. The summed E-state index contributed by atoms with van der Waals surface area (Å²) >= 11 is 0. The molecule has 432 valence electrons. The maximum Gasteiger partial charge on any atom is 0.190 e. The SMILES string of the molecule is CNCC1C(O)C(O)CC2(CCCC(C)C)C3C(=CC(=O)C12)C1(O)C2CSSCC(n4ccnc4)CC(C)(C)C4=C5CC6CCC7CCCC7(C6)C5C5=C6C(CCC5)CC(C(O)C64)C(C2)C1(CO)CC3CN=C(N)NC(C)O. The molecule has 2 heterocycles. The number of guanidine groups is 1. The lowest BCUT2D eigenvalue weighted by atomic mass is 9.39. The van der Waals surface area contributed by atoms with Crippen molar-refractivity contribution in [3.63, 3.8) is 0 Å². The molecule has 21 unspecified atom stereocenters. The minimum absolute atomic E-state index is 0.0943. The summed E-state index contributed by atoms with van der Waals surface area (Å²) in [5.41, 5.74) is 10.1. The van der Waals surface area contributed by atoms with E-state index in [1.807, 2.05) is 30.4 Å². The molecule has 6 bridgehead atoms. The van der Waals surface area contributed by atoms with Crippen LogP contribution in [0.15, 0.2) is 57.7 Å². The van der Waals surface area contributed by atoms with Gasteiger partial charge in [-0.05, 0) is 186 Å². The molecule has 8 fully saturated rings. The highest BCUT2D eigenvalue weighted by molar-refractivity contribution is 8.76. The zero-order chi connectivity index (χ0) is 54.8. The number of carbonyl (C=O) groups excluding carboxylic acids is 1. The van der Waals surface area contributed by atoms with Crippen LogP contribution in [0, 0.1) is 98.6 Å². The number of ketones is 1. The Kier molecular flexibility index (Phi) is 15.3. The van der Waals surface area contributed by atoms with E-state index in [9.17, 15) is 30.6 Å². The highest BCUT2D eigenvalue weighted by atomic mass is 33.1. The van der Waals surface area contributed by atoms with Gasteiger partial charge in [0.1, 0.15) is 6.23 Å². The minimum Gasteiger partial charge on any atom is -0.396 e. The molecule has 7 saturated carbocycles. The maximum atomic E-state index is 15.7. The first-order valence-corrected chi connectivity index (χ1v) is 33.5. The molecule has 0 aromatic carbocycles. The van der Waals surface area contributed by atoms with Gasteiger partial charge in [-0.2, -0.15) is 0 Å². The third kappa shape index (κ3) is 8.63. The summed E-state index contributed by atoms with van der Waals surface area (Å²) < 4.78 is 2.32. The lowest BCUT2D eigenvalue weighted by Crippen LogP contribution is -2.69. The van der Waals surface area contributed by atoms with Gasteiger partial charge in [-0.1, -0.05) is 90.8 Å². The standard InChI is InChI=1S/C63H96N6O7S2/c1-34(2)10-8-17-61-27-49(73)56(74)45(29-65-6)54(61)48(72)23-47-52(61)38(28-67-58(64)68-35(3)71)25-62(32-70)46-22-40(63(47,62)76)30-77-78-31-41(69-19-18-66-33-69)26-59(4,5)55-44-20-36-14-15-39-12-9-16-60(39,24-36)53(44)42-13-7-11-37-21-43(46)57(75)51(55)50(37)42/h18-19,23,33-41,43,45-46,49,51-54,56-57,65,70-71,73-76H,7-17,20-22,24-32H2,1-6H3,(H3,64,67,68). The molecule has 1 saturated heterocycles. The second kappa shape index (κ2) is 21.1. The molecule has 78 heavy (non-hydrogen) atoms. The number of allylic oxidation sites excluding steroid dienone is 3. The van der Waals surface area contributed by atoms with Crippen LogP contribution in [0.2, 0.25) is 0 Å². The van der Waals surface area contributed by atoms with Crippen LogP contribution in [0.3, 0.4) is 0 Å². The highest BCUT2D eigenvalue weighted by Gasteiger charge is 2.76. The number of nitrogens with zero attached hydrogens (tertiary/aromatic N) is 3. The van der Waals surface area contributed by atoms with Gasteiger partial charge in [-0.3, -0.25) is 9.79 Å². The van der Waals surface area contributed by atoms with Gasteiger partial charge in [0, 0.05) is 78.0 Å². The van der Waals surface area contributed by atoms with Crippen molar-refractivity contribution in [1.82, 2.24) is 20.2 Å². The lowest BCUT2D eigenvalue weighted by molar-refractivity contribution is -0.199. The lowest BCUT2D eigenvalue weighted by Gasteiger charge is -2.66. The quantitative estimate of drug-likeness (QED) is 0.0335.